The molecule has 3 aromatic rings. The Morgan fingerprint density at radius 1 is 1.04 bits per heavy atom. The van der Waals surface area contributed by atoms with E-state index >= 15 is 0 Å². The van der Waals surface area contributed by atoms with Crippen LogP contribution < -0.4 is 0 Å². The van der Waals surface area contributed by atoms with Gasteiger partial charge in [0, 0.05) is 23.6 Å². The minimum atomic E-state index is -0.419. The minimum absolute atomic E-state index is 0.245. The number of rotatable bonds is 4. The number of methoxy groups -OCH3 is 1. The lowest BCUT2D eigenvalue weighted by atomic mass is 10.0. The summed E-state index contributed by atoms with van der Waals surface area (Å²) in [5.74, 6) is -0.977. The van der Waals surface area contributed by atoms with Gasteiger partial charge in [0.25, 0.3) is 11.8 Å². The highest BCUT2D eigenvalue weighted by Gasteiger charge is 2.34. The molecule has 0 atom stereocenters. The van der Waals surface area contributed by atoms with E-state index in [1.54, 1.807) is 42.6 Å². The summed E-state index contributed by atoms with van der Waals surface area (Å²) in [6.45, 7) is 0.245. The van der Waals surface area contributed by atoms with E-state index in [2.05, 4.69) is 4.98 Å². The van der Waals surface area contributed by atoms with Crippen LogP contribution >= 0.6 is 0 Å². The second kappa shape index (κ2) is 6.15. The molecule has 6 heteroatoms. The maximum atomic E-state index is 12.5. The molecule has 26 heavy (non-hydrogen) atoms. The summed E-state index contributed by atoms with van der Waals surface area (Å²) in [6, 6.07) is 12.2. The summed E-state index contributed by atoms with van der Waals surface area (Å²) < 4.78 is 4.85. The second-order valence-electron chi connectivity index (χ2n) is 6.09. The number of nitrogens with zero attached hydrogens (tertiary/aromatic N) is 1. The van der Waals surface area contributed by atoms with Gasteiger partial charge in [0.2, 0.25) is 0 Å². The van der Waals surface area contributed by atoms with E-state index in [0.29, 0.717) is 23.1 Å². The van der Waals surface area contributed by atoms with Gasteiger partial charge in [-0.1, -0.05) is 18.2 Å². The molecular weight excluding hydrogens is 332 g/mol. The third kappa shape index (κ3) is 2.38. The molecule has 1 N–H and O–H groups in total. The van der Waals surface area contributed by atoms with Gasteiger partial charge >= 0.3 is 5.97 Å². The molecule has 0 saturated carbocycles. The van der Waals surface area contributed by atoms with Gasteiger partial charge in [-0.25, -0.2) is 4.79 Å². The lowest BCUT2D eigenvalue weighted by molar-refractivity contribution is 0.0599. The summed E-state index contributed by atoms with van der Waals surface area (Å²) in [6.07, 6.45) is 2.24. The second-order valence-corrected chi connectivity index (χ2v) is 6.09. The number of H-pyrrole nitrogens is 1. The largest absolute Gasteiger partial charge is 0.465 e. The highest BCUT2D eigenvalue weighted by atomic mass is 16.5. The Bertz CT molecular complexity index is 1020. The zero-order valence-corrected chi connectivity index (χ0v) is 14.1. The van der Waals surface area contributed by atoms with E-state index in [9.17, 15) is 14.4 Å². The number of ether oxygens (including phenoxy) is 1. The molecule has 2 aromatic carbocycles. The maximum Gasteiger partial charge on any atom is 0.338 e. The van der Waals surface area contributed by atoms with Crippen LogP contribution in [0.5, 0.6) is 0 Å². The van der Waals surface area contributed by atoms with Gasteiger partial charge in [0.15, 0.2) is 0 Å². The Morgan fingerprint density at radius 2 is 1.73 bits per heavy atom. The van der Waals surface area contributed by atoms with Crippen molar-refractivity contribution < 1.29 is 19.1 Å². The first kappa shape index (κ1) is 16.1. The average Bonchev–Trinajstić information content (AvgIpc) is 3.19. The molecule has 130 valence electrons. The summed E-state index contributed by atoms with van der Waals surface area (Å²) in [4.78, 5) is 41.4. The number of esters is 1. The number of carbonyl (C=O) groups excluding carboxylic acids is 3. The molecule has 0 bridgehead atoms. The zero-order chi connectivity index (χ0) is 18.3. The number of nitrogens with one attached hydrogen (secondary N) is 1. The van der Waals surface area contributed by atoms with Gasteiger partial charge in [-0.2, -0.15) is 0 Å². The number of hydrogen-bond acceptors (Lipinski definition) is 4. The van der Waals surface area contributed by atoms with Crippen molar-refractivity contribution >= 4 is 28.7 Å². The molecule has 1 aliphatic heterocycles. The first-order valence-corrected chi connectivity index (χ1v) is 8.24. The van der Waals surface area contributed by atoms with Crippen LogP contribution in [0.15, 0.2) is 48.7 Å². The molecule has 2 amide bonds. The predicted octanol–water partition coefficient (Wildman–Crippen LogP) is 2.79. The summed E-state index contributed by atoms with van der Waals surface area (Å²) in [7, 11) is 1.34. The number of aromatic amines is 1. The highest BCUT2D eigenvalue weighted by molar-refractivity contribution is 6.21. The number of benzene rings is 2. The van der Waals surface area contributed by atoms with Crippen LogP contribution in [0.4, 0.5) is 0 Å². The molecule has 0 spiro atoms. The first-order chi connectivity index (χ1) is 12.6. The zero-order valence-electron chi connectivity index (χ0n) is 14.1. The molecule has 1 aliphatic rings. The summed E-state index contributed by atoms with van der Waals surface area (Å²) in [5, 5.41) is 0.760. The fourth-order valence-electron chi connectivity index (χ4n) is 3.41. The van der Waals surface area contributed by atoms with E-state index in [1.165, 1.54) is 12.0 Å². The van der Waals surface area contributed by atoms with Crippen molar-refractivity contribution in [2.45, 2.75) is 6.42 Å². The number of fused-ring (bicyclic) bond motifs is 2. The topological polar surface area (TPSA) is 79.5 Å². The third-order valence-corrected chi connectivity index (χ3v) is 4.68. The molecule has 0 fully saturated rings. The van der Waals surface area contributed by atoms with E-state index in [1.807, 2.05) is 6.07 Å². The highest BCUT2D eigenvalue weighted by Crippen LogP contribution is 2.26. The van der Waals surface area contributed by atoms with Crippen molar-refractivity contribution in [2.75, 3.05) is 13.7 Å². The number of hydrogen-bond donors (Lipinski definition) is 1. The van der Waals surface area contributed by atoms with Crippen molar-refractivity contribution in [1.82, 2.24) is 9.88 Å². The van der Waals surface area contributed by atoms with Gasteiger partial charge < -0.3 is 9.72 Å². The van der Waals surface area contributed by atoms with Crippen molar-refractivity contribution in [3.05, 3.63) is 70.9 Å². The maximum absolute atomic E-state index is 12.5. The Labute approximate surface area is 149 Å². The van der Waals surface area contributed by atoms with E-state index in [4.69, 9.17) is 4.74 Å². The standard InChI is InChI=1S/C20H16N2O4/c1-26-20(25)15-7-4-8-16-17(15)12(11-21-16)9-10-22-18(23)13-5-2-3-6-14(13)19(22)24/h2-8,11,21H,9-10H2,1H3. The number of aromatic nitrogens is 1. The van der Waals surface area contributed by atoms with Crippen LogP contribution in [0.3, 0.4) is 0 Å². The Kier molecular flexibility index (Phi) is 3.80. The van der Waals surface area contributed by atoms with Crippen LogP contribution in [0, 0.1) is 0 Å². The van der Waals surface area contributed by atoms with Crippen molar-refractivity contribution in [3.63, 3.8) is 0 Å². The molecule has 4 rings (SSSR count). The monoisotopic (exact) mass is 348 g/mol. The fraction of sp³-hybridized carbons (Fsp3) is 0.150. The van der Waals surface area contributed by atoms with E-state index in [0.717, 1.165) is 16.5 Å². The normalized spacial score (nSPS) is 13.3. The van der Waals surface area contributed by atoms with E-state index in [-0.39, 0.29) is 18.4 Å². The number of amides is 2. The SMILES string of the molecule is COC(=O)c1cccc2[nH]cc(CCN3C(=O)c4ccccc4C3=O)c12. The van der Waals surface area contributed by atoms with Gasteiger partial charge in [0.1, 0.15) is 0 Å². The molecule has 0 unspecified atom stereocenters. The van der Waals surface area contributed by atoms with Crippen LogP contribution in [0.25, 0.3) is 10.9 Å². The van der Waals surface area contributed by atoms with Crippen LogP contribution in [-0.2, 0) is 11.2 Å². The lowest BCUT2D eigenvalue weighted by Gasteiger charge is -2.13. The van der Waals surface area contributed by atoms with Crippen LogP contribution in [0.1, 0.15) is 36.6 Å². The number of imide groups is 1. The quantitative estimate of drug-likeness (QED) is 0.581. The molecule has 0 aliphatic carbocycles. The molecule has 0 saturated heterocycles. The van der Waals surface area contributed by atoms with Gasteiger partial charge in [-0.15, -0.1) is 0 Å². The molecular formula is C20H16N2O4. The van der Waals surface area contributed by atoms with Crippen molar-refractivity contribution in [3.8, 4) is 0 Å². The van der Waals surface area contributed by atoms with Crippen LogP contribution in [-0.4, -0.2) is 41.3 Å². The number of carbonyl (C=O) groups is 3. The summed E-state index contributed by atoms with van der Waals surface area (Å²) in [5.41, 5.74) is 3.00. The van der Waals surface area contributed by atoms with E-state index < -0.39 is 5.97 Å². The lowest BCUT2D eigenvalue weighted by Crippen LogP contribution is -2.31. The molecule has 6 nitrogen and oxygen atoms in total. The Morgan fingerprint density at radius 3 is 2.38 bits per heavy atom. The molecule has 1 aromatic heterocycles. The molecule has 0 radical (unpaired) electrons. The van der Waals surface area contributed by atoms with Gasteiger partial charge in [-0.05, 0) is 36.2 Å². The minimum Gasteiger partial charge on any atom is -0.465 e. The smallest absolute Gasteiger partial charge is 0.338 e. The van der Waals surface area contributed by atoms with Crippen molar-refractivity contribution in [1.29, 1.82) is 0 Å². The average molecular weight is 348 g/mol. The predicted molar refractivity (Wildman–Crippen MR) is 95.2 cm³/mol. The summed E-state index contributed by atoms with van der Waals surface area (Å²) >= 11 is 0. The molecule has 2 heterocycles. The fourth-order valence-corrected chi connectivity index (χ4v) is 3.41. The first-order valence-electron chi connectivity index (χ1n) is 8.24. The van der Waals surface area contributed by atoms with Crippen molar-refractivity contribution in [2.24, 2.45) is 0 Å². The Balaban J connectivity index is 1.63. The van der Waals surface area contributed by atoms with Gasteiger partial charge in [0.05, 0.1) is 23.8 Å². The Hall–Kier alpha value is -3.41. The third-order valence-electron chi connectivity index (χ3n) is 4.68. The van der Waals surface area contributed by atoms with Crippen LogP contribution in [0.2, 0.25) is 0 Å². The van der Waals surface area contributed by atoms with Gasteiger partial charge in [-0.3, -0.25) is 14.5 Å².